The molecule has 5 heteroatoms. The third-order valence-corrected chi connectivity index (χ3v) is 3.35. The standard InChI is InChI=1S/C11H21BO4/c1-10(2)11(3,4)16-12(15-10)8-6-7-9(13)14-5/h6-8H2,1-5H3. The summed E-state index contributed by atoms with van der Waals surface area (Å²) in [7, 11) is 1.19. The smallest absolute Gasteiger partial charge is 0.457 e. The van der Waals surface area contributed by atoms with E-state index in [1.54, 1.807) is 0 Å². The molecule has 1 fully saturated rings. The summed E-state index contributed by atoms with van der Waals surface area (Å²) in [4.78, 5) is 10.9. The number of hydrogen-bond acceptors (Lipinski definition) is 4. The van der Waals surface area contributed by atoms with Gasteiger partial charge in [-0.15, -0.1) is 0 Å². The van der Waals surface area contributed by atoms with Gasteiger partial charge in [-0.1, -0.05) is 0 Å². The van der Waals surface area contributed by atoms with Crippen LogP contribution in [0.2, 0.25) is 6.32 Å². The molecule has 1 heterocycles. The van der Waals surface area contributed by atoms with E-state index >= 15 is 0 Å². The molecule has 0 unspecified atom stereocenters. The quantitative estimate of drug-likeness (QED) is 0.545. The molecule has 0 aromatic rings. The molecule has 0 amide bonds. The van der Waals surface area contributed by atoms with Gasteiger partial charge in [-0.2, -0.15) is 0 Å². The Morgan fingerprint density at radius 2 is 1.69 bits per heavy atom. The van der Waals surface area contributed by atoms with E-state index in [9.17, 15) is 4.79 Å². The average molecular weight is 228 g/mol. The Balaban J connectivity index is 2.34. The maximum absolute atomic E-state index is 10.9. The van der Waals surface area contributed by atoms with Gasteiger partial charge < -0.3 is 14.0 Å². The Morgan fingerprint density at radius 3 is 2.12 bits per heavy atom. The van der Waals surface area contributed by atoms with Gasteiger partial charge in [0, 0.05) is 6.42 Å². The van der Waals surface area contributed by atoms with Crippen LogP contribution in [-0.4, -0.2) is 31.4 Å². The van der Waals surface area contributed by atoms with Crippen molar-refractivity contribution >= 4 is 13.1 Å². The second-order valence-electron chi connectivity index (χ2n) is 5.15. The van der Waals surface area contributed by atoms with Gasteiger partial charge in [0.1, 0.15) is 0 Å². The minimum absolute atomic E-state index is 0.184. The van der Waals surface area contributed by atoms with E-state index in [0.717, 1.165) is 12.7 Å². The summed E-state index contributed by atoms with van der Waals surface area (Å²) in [6, 6.07) is 0. The molecule has 0 spiro atoms. The highest BCUT2D eigenvalue weighted by atomic mass is 16.7. The molecule has 0 aliphatic carbocycles. The van der Waals surface area contributed by atoms with Gasteiger partial charge in [0.25, 0.3) is 0 Å². The van der Waals surface area contributed by atoms with Crippen molar-refractivity contribution in [3.05, 3.63) is 0 Å². The molecule has 0 atom stereocenters. The minimum atomic E-state index is -0.289. The van der Waals surface area contributed by atoms with Crippen LogP contribution in [0.3, 0.4) is 0 Å². The van der Waals surface area contributed by atoms with E-state index in [4.69, 9.17) is 9.31 Å². The predicted octanol–water partition coefficient (Wildman–Crippen LogP) is 2.03. The fourth-order valence-electron chi connectivity index (χ4n) is 1.60. The molecule has 1 saturated heterocycles. The first kappa shape index (κ1) is 13.5. The van der Waals surface area contributed by atoms with Crippen molar-refractivity contribution in [1.82, 2.24) is 0 Å². The molecule has 92 valence electrons. The van der Waals surface area contributed by atoms with Crippen molar-refractivity contribution < 1.29 is 18.8 Å². The summed E-state index contributed by atoms with van der Waals surface area (Å²) in [5.74, 6) is -0.184. The molecule has 1 aliphatic rings. The zero-order chi connectivity index (χ0) is 12.4. The number of rotatable bonds is 4. The largest absolute Gasteiger partial charge is 0.469 e. The Morgan fingerprint density at radius 1 is 1.19 bits per heavy atom. The maximum Gasteiger partial charge on any atom is 0.457 e. The SMILES string of the molecule is COC(=O)CCCB1OC(C)(C)C(C)(C)O1. The van der Waals surface area contributed by atoms with E-state index < -0.39 is 0 Å². The zero-order valence-electron chi connectivity index (χ0n) is 10.8. The Bertz CT molecular complexity index is 247. The van der Waals surface area contributed by atoms with E-state index in [1.165, 1.54) is 7.11 Å². The number of methoxy groups -OCH3 is 1. The molecule has 0 saturated carbocycles. The number of hydrogen-bond donors (Lipinski definition) is 0. The summed E-state index contributed by atoms with van der Waals surface area (Å²) in [5.41, 5.74) is -0.578. The van der Waals surface area contributed by atoms with Crippen LogP contribution >= 0.6 is 0 Å². The van der Waals surface area contributed by atoms with Crippen LogP contribution in [0.4, 0.5) is 0 Å². The molecule has 0 N–H and O–H groups in total. The van der Waals surface area contributed by atoms with Crippen molar-refractivity contribution in [2.24, 2.45) is 0 Å². The lowest BCUT2D eigenvalue weighted by molar-refractivity contribution is -0.140. The Kier molecular flexibility index (Phi) is 4.02. The molecule has 4 nitrogen and oxygen atoms in total. The molecule has 0 radical (unpaired) electrons. The van der Waals surface area contributed by atoms with Gasteiger partial charge >= 0.3 is 13.1 Å². The second kappa shape index (κ2) is 4.76. The van der Waals surface area contributed by atoms with Gasteiger partial charge in [0.05, 0.1) is 18.3 Å². The summed E-state index contributed by atoms with van der Waals surface area (Å²) in [5, 5.41) is 0. The zero-order valence-corrected chi connectivity index (χ0v) is 10.8. The lowest BCUT2D eigenvalue weighted by Crippen LogP contribution is -2.41. The third kappa shape index (κ3) is 2.98. The first-order valence-electron chi connectivity index (χ1n) is 5.71. The molecule has 1 aliphatic heterocycles. The number of esters is 1. The van der Waals surface area contributed by atoms with Crippen LogP contribution in [0.15, 0.2) is 0 Å². The fourth-order valence-corrected chi connectivity index (χ4v) is 1.60. The molecule has 1 rings (SSSR count). The van der Waals surface area contributed by atoms with Crippen LogP contribution in [0.1, 0.15) is 40.5 Å². The van der Waals surface area contributed by atoms with Crippen molar-refractivity contribution in [1.29, 1.82) is 0 Å². The van der Waals surface area contributed by atoms with Gasteiger partial charge in [-0.3, -0.25) is 4.79 Å². The first-order valence-corrected chi connectivity index (χ1v) is 5.71. The normalized spacial score (nSPS) is 22.2. The highest BCUT2D eigenvalue weighted by Gasteiger charge is 2.50. The second-order valence-corrected chi connectivity index (χ2v) is 5.15. The molecule has 0 aromatic carbocycles. The van der Waals surface area contributed by atoms with Gasteiger partial charge in [0.15, 0.2) is 0 Å². The minimum Gasteiger partial charge on any atom is -0.469 e. The number of carbonyl (C=O) groups excluding carboxylic acids is 1. The first-order chi connectivity index (χ1) is 7.28. The van der Waals surface area contributed by atoms with Crippen molar-refractivity contribution in [3.63, 3.8) is 0 Å². The fraction of sp³-hybridized carbons (Fsp3) is 0.909. The van der Waals surface area contributed by atoms with Crippen molar-refractivity contribution in [2.45, 2.75) is 58.1 Å². The van der Waals surface area contributed by atoms with Crippen LogP contribution in [0.5, 0.6) is 0 Å². The highest BCUT2D eigenvalue weighted by Crippen LogP contribution is 2.37. The van der Waals surface area contributed by atoms with E-state index in [2.05, 4.69) is 4.74 Å². The molecular weight excluding hydrogens is 207 g/mol. The Labute approximate surface area is 97.8 Å². The maximum atomic E-state index is 10.9. The molecule has 0 bridgehead atoms. The van der Waals surface area contributed by atoms with Gasteiger partial charge in [-0.25, -0.2) is 0 Å². The van der Waals surface area contributed by atoms with Gasteiger partial charge in [-0.05, 0) is 40.4 Å². The van der Waals surface area contributed by atoms with Crippen molar-refractivity contribution in [2.75, 3.05) is 7.11 Å². The number of ether oxygens (including phenoxy) is 1. The molecular formula is C11H21BO4. The van der Waals surface area contributed by atoms with Crippen LogP contribution in [0.25, 0.3) is 0 Å². The lowest BCUT2D eigenvalue weighted by Gasteiger charge is -2.32. The topological polar surface area (TPSA) is 44.8 Å². The van der Waals surface area contributed by atoms with Crippen molar-refractivity contribution in [3.8, 4) is 0 Å². The van der Waals surface area contributed by atoms with E-state index in [0.29, 0.717) is 6.42 Å². The molecule has 16 heavy (non-hydrogen) atoms. The van der Waals surface area contributed by atoms with E-state index in [1.807, 2.05) is 27.7 Å². The summed E-state index contributed by atoms with van der Waals surface area (Å²) >= 11 is 0. The number of carbonyl (C=O) groups is 1. The van der Waals surface area contributed by atoms with Crippen LogP contribution < -0.4 is 0 Å². The van der Waals surface area contributed by atoms with Crippen LogP contribution in [0, 0.1) is 0 Å². The Hall–Kier alpha value is -0.545. The van der Waals surface area contributed by atoms with Crippen LogP contribution in [-0.2, 0) is 18.8 Å². The van der Waals surface area contributed by atoms with Gasteiger partial charge in [0.2, 0.25) is 0 Å². The summed E-state index contributed by atoms with van der Waals surface area (Å²) in [6.45, 7) is 8.08. The molecule has 0 aromatic heterocycles. The average Bonchev–Trinajstić information content (AvgIpc) is 2.35. The third-order valence-electron chi connectivity index (χ3n) is 3.35. The van der Waals surface area contributed by atoms with E-state index in [-0.39, 0.29) is 24.3 Å². The predicted molar refractivity (Wildman–Crippen MR) is 62.1 cm³/mol. The highest BCUT2D eigenvalue weighted by molar-refractivity contribution is 6.45. The lowest BCUT2D eigenvalue weighted by atomic mass is 9.82. The summed E-state index contributed by atoms with van der Waals surface area (Å²) < 4.78 is 16.2. The summed E-state index contributed by atoms with van der Waals surface area (Å²) in [6.07, 6.45) is 1.87. The monoisotopic (exact) mass is 228 g/mol.